The summed E-state index contributed by atoms with van der Waals surface area (Å²) in [5.74, 6) is -8.53. The summed E-state index contributed by atoms with van der Waals surface area (Å²) < 4.78 is 4.90. The Hall–Kier alpha value is -2.38. The molecule has 0 saturated carbocycles. The summed E-state index contributed by atoms with van der Waals surface area (Å²) in [4.78, 5) is 46.1. The molecule has 0 heterocycles. The van der Waals surface area contributed by atoms with E-state index in [4.69, 9.17) is 9.84 Å². The molecular formula is C16H22O8. The van der Waals surface area contributed by atoms with Crippen molar-refractivity contribution in [2.24, 2.45) is 23.7 Å². The number of carboxylic acid groups (broad SMARTS) is 3. The quantitative estimate of drug-likeness (QED) is 0.444. The average Bonchev–Trinajstić information content (AvgIpc) is 2.50. The van der Waals surface area contributed by atoms with Crippen LogP contribution in [0.1, 0.15) is 33.1 Å². The van der Waals surface area contributed by atoms with Crippen LogP contribution in [0.4, 0.5) is 0 Å². The molecule has 0 aromatic rings. The lowest BCUT2D eigenvalue weighted by atomic mass is 9.69. The van der Waals surface area contributed by atoms with Gasteiger partial charge in [0.05, 0.1) is 30.8 Å². The maximum Gasteiger partial charge on any atom is 0.311 e. The molecule has 0 bridgehead atoms. The topological polar surface area (TPSA) is 138 Å². The molecule has 0 aromatic carbocycles. The lowest BCUT2D eigenvalue weighted by Gasteiger charge is -2.34. The van der Waals surface area contributed by atoms with E-state index in [2.05, 4.69) is 0 Å². The van der Waals surface area contributed by atoms with Gasteiger partial charge in [-0.25, -0.2) is 0 Å². The highest BCUT2D eigenvalue weighted by molar-refractivity contribution is 5.84. The first kappa shape index (κ1) is 19.7. The fraction of sp³-hybridized carbons (Fsp3) is 0.625. The molecule has 24 heavy (non-hydrogen) atoms. The van der Waals surface area contributed by atoms with Gasteiger partial charge in [-0.2, -0.15) is 0 Å². The molecule has 0 radical (unpaired) electrons. The summed E-state index contributed by atoms with van der Waals surface area (Å²) >= 11 is 0. The minimum atomic E-state index is -1.27. The van der Waals surface area contributed by atoms with Crippen molar-refractivity contribution in [1.82, 2.24) is 0 Å². The monoisotopic (exact) mass is 342 g/mol. The lowest BCUT2D eigenvalue weighted by Crippen LogP contribution is -2.39. The van der Waals surface area contributed by atoms with Gasteiger partial charge in [0.1, 0.15) is 0 Å². The van der Waals surface area contributed by atoms with E-state index in [0.29, 0.717) is 12.0 Å². The van der Waals surface area contributed by atoms with Gasteiger partial charge in [0.2, 0.25) is 0 Å². The molecule has 0 amide bonds. The number of carboxylic acids is 3. The molecule has 0 aliphatic heterocycles. The largest absolute Gasteiger partial charge is 0.481 e. The van der Waals surface area contributed by atoms with Crippen molar-refractivity contribution in [2.75, 3.05) is 6.61 Å². The van der Waals surface area contributed by atoms with Gasteiger partial charge in [0, 0.05) is 0 Å². The SMILES string of the molecule is CCOC(=O)C(CC(=O)O)C1C=C(CC)C(C(=O)O)C(C(=O)O)C1. The van der Waals surface area contributed by atoms with E-state index in [1.54, 1.807) is 19.9 Å². The normalized spacial score (nSPS) is 24.6. The zero-order chi connectivity index (χ0) is 18.4. The van der Waals surface area contributed by atoms with Crippen LogP contribution >= 0.6 is 0 Å². The predicted octanol–water partition coefficient (Wildman–Crippen LogP) is 1.40. The van der Waals surface area contributed by atoms with E-state index in [9.17, 15) is 29.4 Å². The second-order valence-corrected chi connectivity index (χ2v) is 5.71. The molecule has 3 N–H and O–H groups in total. The van der Waals surface area contributed by atoms with Crippen LogP contribution in [0.3, 0.4) is 0 Å². The van der Waals surface area contributed by atoms with Crippen LogP contribution in [-0.4, -0.2) is 45.8 Å². The summed E-state index contributed by atoms with van der Waals surface area (Å²) in [5, 5.41) is 27.7. The van der Waals surface area contributed by atoms with E-state index in [1.807, 2.05) is 0 Å². The number of carbonyl (C=O) groups excluding carboxylic acids is 1. The van der Waals surface area contributed by atoms with Gasteiger partial charge in [0.25, 0.3) is 0 Å². The third kappa shape index (κ3) is 4.56. The summed E-state index contributed by atoms with van der Waals surface area (Å²) in [6.45, 7) is 3.36. The number of carbonyl (C=O) groups is 4. The molecule has 8 nitrogen and oxygen atoms in total. The Morgan fingerprint density at radius 1 is 1.17 bits per heavy atom. The number of rotatable bonds is 8. The smallest absolute Gasteiger partial charge is 0.311 e. The first-order valence-corrected chi connectivity index (χ1v) is 7.77. The van der Waals surface area contributed by atoms with Gasteiger partial charge in [-0.1, -0.05) is 18.6 Å². The molecule has 0 saturated heterocycles. The van der Waals surface area contributed by atoms with E-state index in [1.165, 1.54) is 0 Å². The summed E-state index contributed by atoms with van der Waals surface area (Å²) in [6.07, 6.45) is 1.23. The number of ether oxygens (including phenoxy) is 1. The van der Waals surface area contributed by atoms with Crippen molar-refractivity contribution < 1.29 is 39.2 Å². The summed E-state index contributed by atoms with van der Waals surface area (Å²) in [5.41, 5.74) is 0.394. The minimum absolute atomic E-state index is 0.0755. The van der Waals surface area contributed by atoms with Crippen LogP contribution < -0.4 is 0 Å². The highest BCUT2D eigenvalue weighted by Crippen LogP contribution is 2.40. The molecule has 0 aromatic heterocycles. The van der Waals surface area contributed by atoms with Crippen LogP contribution in [0.2, 0.25) is 0 Å². The van der Waals surface area contributed by atoms with Crippen molar-refractivity contribution in [2.45, 2.75) is 33.1 Å². The molecule has 1 aliphatic rings. The first-order chi connectivity index (χ1) is 11.2. The van der Waals surface area contributed by atoms with Crippen LogP contribution in [0, 0.1) is 23.7 Å². The highest BCUT2D eigenvalue weighted by Gasteiger charge is 2.44. The Morgan fingerprint density at radius 3 is 2.21 bits per heavy atom. The van der Waals surface area contributed by atoms with E-state index < -0.39 is 54.0 Å². The highest BCUT2D eigenvalue weighted by atomic mass is 16.5. The van der Waals surface area contributed by atoms with Crippen molar-refractivity contribution in [1.29, 1.82) is 0 Å². The van der Waals surface area contributed by atoms with Crippen molar-refractivity contribution in [3.63, 3.8) is 0 Å². The van der Waals surface area contributed by atoms with Crippen LogP contribution in [0.5, 0.6) is 0 Å². The van der Waals surface area contributed by atoms with Gasteiger partial charge < -0.3 is 20.1 Å². The standard InChI is InChI=1S/C16H22O8/c1-3-8-5-9(6-11(14(19)20)13(8)15(21)22)10(7-12(17)18)16(23)24-4-2/h5,9-11,13H,3-4,6-7H2,1-2H3,(H,17,18)(H,19,20)(H,21,22). The van der Waals surface area contributed by atoms with Gasteiger partial charge in [-0.05, 0) is 25.7 Å². The average molecular weight is 342 g/mol. The van der Waals surface area contributed by atoms with E-state index in [0.717, 1.165) is 0 Å². The number of hydrogen-bond donors (Lipinski definition) is 3. The zero-order valence-corrected chi connectivity index (χ0v) is 13.6. The van der Waals surface area contributed by atoms with Gasteiger partial charge in [-0.15, -0.1) is 0 Å². The van der Waals surface area contributed by atoms with E-state index >= 15 is 0 Å². The molecule has 0 fully saturated rings. The van der Waals surface area contributed by atoms with Crippen LogP contribution in [-0.2, 0) is 23.9 Å². The van der Waals surface area contributed by atoms with Crippen molar-refractivity contribution in [3.8, 4) is 0 Å². The van der Waals surface area contributed by atoms with Gasteiger partial charge >= 0.3 is 23.9 Å². The maximum atomic E-state index is 12.1. The molecule has 8 heteroatoms. The summed E-state index contributed by atoms with van der Waals surface area (Å²) in [6, 6.07) is 0. The number of aliphatic carboxylic acids is 3. The third-order valence-corrected chi connectivity index (χ3v) is 4.25. The number of esters is 1. The Balaban J connectivity index is 3.25. The zero-order valence-electron chi connectivity index (χ0n) is 13.6. The molecule has 4 atom stereocenters. The summed E-state index contributed by atoms with van der Waals surface area (Å²) in [7, 11) is 0. The second kappa shape index (κ2) is 8.47. The first-order valence-electron chi connectivity index (χ1n) is 7.77. The second-order valence-electron chi connectivity index (χ2n) is 5.71. The Labute approximate surface area is 139 Å². The fourth-order valence-corrected chi connectivity index (χ4v) is 3.17. The Morgan fingerprint density at radius 2 is 1.79 bits per heavy atom. The number of hydrogen-bond acceptors (Lipinski definition) is 5. The maximum absolute atomic E-state index is 12.1. The number of allylic oxidation sites excluding steroid dienone is 1. The van der Waals surface area contributed by atoms with Gasteiger partial charge in [0.15, 0.2) is 0 Å². The molecular weight excluding hydrogens is 320 g/mol. The third-order valence-electron chi connectivity index (χ3n) is 4.25. The van der Waals surface area contributed by atoms with Gasteiger partial charge in [-0.3, -0.25) is 19.2 Å². The molecule has 134 valence electrons. The molecule has 1 rings (SSSR count). The fourth-order valence-electron chi connectivity index (χ4n) is 3.17. The molecule has 0 spiro atoms. The van der Waals surface area contributed by atoms with Crippen LogP contribution in [0.15, 0.2) is 11.6 Å². The van der Waals surface area contributed by atoms with Crippen LogP contribution in [0.25, 0.3) is 0 Å². The molecule has 4 unspecified atom stereocenters. The Kier molecular flexibility index (Phi) is 6.94. The predicted molar refractivity (Wildman–Crippen MR) is 81.1 cm³/mol. The minimum Gasteiger partial charge on any atom is -0.481 e. The van der Waals surface area contributed by atoms with Crippen molar-refractivity contribution >= 4 is 23.9 Å². The van der Waals surface area contributed by atoms with E-state index in [-0.39, 0.29) is 13.0 Å². The lowest BCUT2D eigenvalue weighted by molar-refractivity contribution is -0.157. The van der Waals surface area contributed by atoms with Crippen molar-refractivity contribution in [3.05, 3.63) is 11.6 Å². The Bertz CT molecular complexity index is 550. The molecule has 1 aliphatic carbocycles.